The van der Waals surface area contributed by atoms with Crippen LogP contribution in [-0.2, 0) is 4.79 Å². The Morgan fingerprint density at radius 1 is 0.870 bits per heavy atom. The zero-order chi connectivity index (χ0) is 15.9. The van der Waals surface area contributed by atoms with Crippen molar-refractivity contribution in [2.75, 3.05) is 11.9 Å². The molecule has 1 amide bonds. The fourth-order valence-corrected chi connectivity index (χ4v) is 2.11. The summed E-state index contributed by atoms with van der Waals surface area (Å²) >= 11 is 0. The monoisotopic (exact) mass is 304 g/mol. The average molecular weight is 304 g/mol. The van der Waals surface area contributed by atoms with E-state index in [0.717, 1.165) is 11.1 Å². The molecule has 0 radical (unpaired) electrons. The van der Waals surface area contributed by atoms with Crippen molar-refractivity contribution in [3.8, 4) is 16.9 Å². The van der Waals surface area contributed by atoms with E-state index in [-0.39, 0.29) is 12.5 Å². The summed E-state index contributed by atoms with van der Waals surface area (Å²) in [7, 11) is 0. The SMILES string of the molecule is O=C(COc1ccccc1)Nc1ccc(-c2ccccc2)cn1. The molecule has 0 unspecified atom stereocenters. The van der Waals surface area contributed by atoms with Gasteiger partial charge in [-0.25, -0.2) is 4.98 Å². The molecule has 0 aliphatic heterocycles. The van der Waals surface area contributed by atoms with Gasteiger partial charge in [-0.1, -0.05) is 48.5 Å². The van der Waals surface area contributed by atoms with Gasteiger partial charge >= 0.3 is 0 Å². The Labute approximate surface area is 134 Å². The molecule has 4 nitrogen and oxygen atoms in total. The molecule has 1 heterocycles. The fourth-order valence-electron chi connectivity index (χ4n) is 2.11. The van der Waals surface area contributed by atoms with Crippen LogP contribution in [0, 0.1) is 0 Å². The third-order valence-electron chi connectivity index (χ3n) is 3.25. The first-order chi connectivity index (χ1) is 11.3. The smallest absolute Gasteiger partial charge is 0.263 e. The van der Waals surface area contributed by atoms with Crippen LogP contribution >= 0.6 is 0 Å². The topological polar surface area (TPSA) is 51.2 Å². The van der Waals surface area contributed by atoms with Crippen LogP contribution in [0.25, 0.3) is 11.1 Å². The van der Waals surface area contributed by atoms with Crippen molar-refractivity contribution in [2.24, 2.45) is 0 Å². The second-order valence-corrected chi connectivity index (χ2v) is 4.95. The van der Waals surface area contributed by atoms with Crippen LogP contribution in [0.1, 0.15) is 0 Å². The molecule has 0 spiro atoms. The van der Waals surface area contributed by atoms with Gasteiger partial charge in [-0.05, 0) is 29.8 Å². The molecule has 23 heavy (non-hydrogen) atoms. The van der Waals surface area contributed by atoms with Gasteiger partial charge in [0, 0.05) is 11.8 Å². The van der Waals surface area contributed by atoms with Crippen molar-refractivity contribution in [3.63, 3.8) is 0 Å². The van der Waals surface area contributed by atoms with Crippen LogP contribution in [0.2, 0.25) is 0 Å². The summed E-state index contributed by atoms with van der Waals surface area (Å²) < 4.78 is 5.39. The first-order valence-corrected chi connectivity index (χ1v) is 7.30. The Kier molecular flexibility index (Phi) is 4.64. The van der Waals surface area contributed by atoms with Gasteiger partial charge in [0.1, 0.15) is 11.6 Å². The lowest BCUT2D eigenvalue weighted by molar-refractivity contribution is -0.118. The first-order valence-electron chi connectivity index (χ1n) is 7.30. The first kappa shape index (κ1) is 14.8. The van der Waals surface area contributed by atoms with Crippen LogP contribution < -0.4 is 10.1 Å². The minimum absolute atomic E-state index is 0.0495. The fraction of sp³-hybridized carbons (Fsp3) is 0.0526. The molecular formula is C19H16N2O2. The number of hydrogen-bond acceptors (Lipinski definition) is 3. The van der Waals surface area contributed by atoms with Gasteiger partial charge in [-0.3, -0.25) is 4.79 Å². The number of nitrogens with zero attached hydrogens (tertiary/aromatic N) is 1. The number of amides is 1. The Bertz CT molecular complexity index is 756. The number of carbonyl (C=O) groups excluding carboxylic acids is 1. The van der Waals surface area contributed by atoms with Gasteiger partial charge < -0.3 is 10.1 Å². The number of para-hydroxylation sites is 1. The van der Waals surface area contributed by atoms with E-state index in [1.54, 1.807) is 24.4 Å². The second-order valence-electron chi connectivity index (χ2n) is 4.95. The predicted molar refractivity (Wildman–Crippen MR) is 90.2 cm³/mol. The Hall–Kier alpha value is -3.14. The van der Waals surface area contributed by atoms with E-state index in [0.29, 0.717) is 11.6 Å². The third-order valence-corrected chi connectivity index (χ3v) is 3.25. The summed E-state index contributed by atoms with van der Waals surface area (Å²) in [6, 6.07) is 22.9. The summed E-state index contributed by atoms with van der Waals surface area (Å²) in [5.41, 5.74) is 2.09. The maximum Gasteiger partial charge on any atom is 0.263 e. The maximum absolute atomic E-state index is 11.9. The number of rotatable bonds is 5. The van der Waals surface area contributed by atoms with Crippen LogP contribution in [-0.4, -0.2) is 17.5 Å². The minimum atomic E-state index is -0.242. The van der Waals surface area contributed by atoms with Crippen molar-refractivity contribution in [2.45, 2.75) is 0 Å². The molecule has 0 bridgehead atoms. The molecule has 0 saturated heterocycles. The zero-order valence-electron chi connectivity index (χ0n) is 12.5. The van der Waals surface area contributed by atoms with E-state index in [1.165, 1.54) is 0 Å². The number of carbonyl (C=O) groups is 1. The van der Waals surface area contributed by atoms with Gasteiger partial charge in [-0.2, -0.15) is 0 Å². The number of anilines is 1. The van der Waals surface area contributed by atoms with Crippen LogP contribution in [0.15, 0.2) is 79.0 Å². The molecule has 0 atom stereocenters. The summed E-state index contributed by atoms with van der Waals surface area (Å²) in [4.78, 5) is 16.1. The summed E-state index contributed by atoms with van der Waals surface area (Å²) in [6.07, 6.45) is 1.74. The highest BCUT2D eigenvalue weighted by Crippen LogP contribution is 2.18. The summed E-state index contributed by atoms with van der Waals surface area (Å²) in [5.74, 6) is 0.926. The van der Waals surface area contributed by atoms with Crippen LogP contribution in [0.5, 0.6) is 5.75 Å². The van der Waals surface area contributed by atoms with Crippen molar-refractivity contribution in [1.29, 1.82) is 0 Å². The number of aromatic nitrogens is 1. The van der Waals surface area contributed by atoms with E-state index in [9.17, 15) is 4.79 Å². The van der Waals surface area contributed by atoms with Gasteiger partial charge in [0.05, 0.1) is 0 Å². The standard InChI is InChI=1S/C19H16N2O2/c22-19(14-23-17-9-5-2-6-10-17)21-18-12-11-16(13-20-18)15-7-3-1-4-8-15/h1-13H,14H2,(H,20,21,22). The number of nitrogens with one attached hydrogen (secondary N) is 1. The summed E-state index contributed by atoms with van der Waals surface area (Å²) in [5, 5.41) is 2.72. The van der Waals surface area contributed by atoms with Gasteiger partial charge in [0.25, 0.3) is 5.91 Å². The molecule has 0 fully saturated rings. The minimum Gasteiger partial charge on any atom is -0.484 e. The molecule has 0 aliphatic carbocycles. The van der Waals surface area contributed by atoms with E-state index >= 15 is 0 Å². The van der Waals surface area contributed by atoms with Crippen LogP contribution in [0.3, 0.4) is 0 Å². The lowest BCUT2D eigenvalue weighted by Gasteiger charge is -2.07. The average Bonchev–Trinajstić information content (AvgIpc) is 2.62. The van der Waals surface area contributed by atoms with Crippen LogP contribution in [0.4, 0.5) is 5.82 Å². The molecular weight excluding hydrogens is 288 g/mol. The van der Waals surface area contributed by atoms with Crippen molar-refractivity contribution < 1.29 is 9.53 Å². The van der Waals surface area contributed by atoms with Crippen molar-refractivity contribution in [1.82, 2.24) is 4.98 Å². The van der Waals surface area contributed by atoms with E-state index in [4.69, 9.17) is 4.74 Å². The predicted octanol–water partition coefficient (Wildman–Crippen LogP) is 3.77. The molecule has 1 N–H and O–H groups in total. The van der Waals surface area contributed by atoms with Crippen molar-refractivity contribution in [3.05, 3.63) is 79.0 Å². The van der Waals surface area contributed by atoms with E-state index in [1.807, 2.05) is 54.6 Å². The summed E-state index contributed by atoms with van der Waals surface area (Å²) in [6.45, 7) is -0.0495. The molecule has 3 aromatic rings. The normalized spacial score (nSPS) is 10.1. The van der Waals surface area contributed by atoms with Gasteiger partial charge in [0.15, 0.2) is 6.61 Å². The highest BCUT2D eigenvalue weighted by molar-refractivity contribution is 5.91. The third kappa shape index (κ3) is 4.17. The second kappa shape index (κ2) is 7.22. The van der Waals surface area contributed by atoms with Gasteiger partial charge in [-0.15, -0.1) is 0 Å². The quantitative estimate of drug-likeness (QED) is 0.780. The zero-order valence-corrected chi connectivity index (χ0v) is 12.5. The van der Waals surface area contributed by atoms with Gasteiger partial charge in [0.2, 0.25) is 0 Å². The largest absolute Gasteiger partial charge is 0.484 e. The number of benzene rings is 2. The highest BCUT2D eigenvalue weighted by Gasteiger charge is 2.05. The number of pyridine rings is 1. The number of ether oxygens (including phenoxy) is 1. The maximum atomic E-state index is 11.9. The molecule has 4 heteroatoms. The highest BCUT2D eigenvalue weighted by atomic mass is 16.5. The molecule has 0 saturated carbocycles. The molecule has 3 rings (SSSR count). The van der Waals surface area contributed by atoms with Crippen molar-refractivity contribution >= 4 is 11.7 Å². The molecule has 2 aromatic carbocycles. The Balaban J connectivity index is 1.57. The Morgan fingerprint density at radius 3 is 2.22 bits per heavy atom. The van der Waals surface area contributed by atoms with E-state index < -0.39 is 0 Å². The lowest BCUT2D eigenvalue weighted by atomic mass is 10.1. The Morgan fingerprint density at radius 2 is 1.57 bits per heavy atom. The van der Waals surface area contributed by atoms with E-state index in [2.05, 4.69) is 10.3 Å². The number of hydrogen-bond donors (Lipinski definition) is 1. The molecule has 114 valence electrons. The lowest BCUT2D eigenvalue weighted by Crippen LogP contribution is -2.20. The molecule has 0 aliphatic rings. The molecule has 1 aromatic heterocycles.